The van der Waals surface area contributed by atoms with Crippen LogP contribution in [-0.4, -0.2) is 29.7 Å². The Bertz CT molecular complexity index is 1130. The van der Waals surface area contributed by atoms with Gasteiger partial charge in [-0.15, -0.1) is 0 Å². The maximum absolute atomic E-state index is 12.3. The van der Waals surface area contributed by atoms with Crippen LogP contribution in [0.2, 0.25) is 0 Å². The van der Waals surface area contributed by atoms with E-state index >= 15 is 0 Å². The average molecular weight is 453 g/mol. The minimum Gasteiger partial charge on any atom is -0.453 e. The van der Waals surface area contributed by atoms with Crippen LogP contribution in [0.1, 0.15) is 48.0 Å². The number of nitrogens with zero attached hydrogens (tertiary/aromatic N) is 1. The quantitative estimate of drug-likeness (QED) is 0.447. The van der Waals surface area contributed by atoms with E-state index in [4.69, 9.17) is 13.6 Å². The SMILES string of the molecule is COCc1ccc(C(=O)Nc2ccc(-c3nc(CNC(=O)C(=O)CC(C)C)c(C)o3)cc2)o1. The number of furan rings is 1. The van der Waals surface area contributed by atoms with Crippen molar-refractivity contribution in [3.05, 3.63) is 59.4 Å². The van der Waals surface area contributed by atoms with Gasteiger partial charge in [0.1, 0.15) is 23.8 Å². The number of hydrogen-bond donors (Lipinski definition) is 2. The summed E-state index contributed by atoms with van der Waals surface area (Å²) in [6, 6.07) is 10.2. The molecule has 0 saturated carbocycles. The highest BCUT2D eigenvalue weighted by Gasteiger charge is 2.18. The number of anilines is 1. The number of oxazole rings is 1. The Morgan fingerprint density at radius 1 is 1.06 bits per heavy atom. The molecule has 0 unspecified atom stereocenters. The molecule has 0 aliphatic heterocycles. The van der Waals surface area contributed by atoms with Crippen LogP contribution in [0.3, 0.4) is 0 Å². The Kier molecular flexibility index (Phi) is 7.78. The molecule has 33 heavy (non-hydrogen) atoms. The van der Waals surface area contributed by atoms with E-state index in [1.165, 1.54) is 0 Å². The fraction of sp³-hybridized carbons (Fsp3) is 0.333. The maximum atomic E-state index is 12.3. The van der Waals surface area contributed by atoms with Gasteiger partial charge in [-0.05, 0) is 49.2 Å². The Morgan fingerprint density at radius 2 is 1.79 bits per heavy atom. The Hall–Kier alpha value is -3.72. The van der Waals surface area contributed by atoms with Crippen molar-refractivity contribution in [2.45, 2.75) is 40.3 Å². The summed E-state index contributed by atoms with van der Waals surface area (Å²) in [6.45, 7) is 5.89. The Labute approximate surface area is 191 Å². The zero-order chi connectivity index (χ0) is 24.0. The lowest BCUT2D eigenvalue weighted by Gasteiger charge is -2.04. The number of benzene rings is 1. The number of hydrogen-bond acceptors (Lipinski definition) is 7. The molecule has 3 rings (SSSR count). The maximum Gasteiger partial charge on any atom is 0.291 e. The molecular weight excluding hydrogens is 426 g/mol. The number of aromatic nitrogens is 1. The predicted molar refractivity (Wildman–Crippen MR) is 120 cm³/mol. The molecule has 0 fully saturated rings. The van der Waals surface area contributed by atoms with Gasteiger partial charge in [-0.3, -0.25) is 14.4 Å². The molecule has 1 aromatic carbocycles. The third kappa shape index (κ3) is 6.39. The van der Waals surface area contributed by atoms with Gasteiger partial charge in [-0.1, -0.05) is 13.8 Å². The molecule has 2 heterocycles. The molecule has 174 valence electrons. The molecule has 0 spiro atoms. The first-order valence-corrected chi connectivity index (χ1v) is 10.5. The van der Waals surface area contributed by atoms with Crippen molar-refractivity contribution in [2.24, 2.45) is 5.92 Å². The van der Waals surface area contributed by atoms with E-state index < -0.39 is 11.7 Å². The summed E-state index contributed by atoms with van der Waals surface area (Å²) < 4.78 is 16.1. The van der Waals surface area contributed by atoms with Crippen LogP contribution < -0.4 is 10.6 Å². The lowest BCUT2D eigenvalue weighted by molar-refractivity contribution is -0.138. The van der Waals surface area contributed by atoms with Gasteiger partial charge < -0.3 is 24.2 Å². The van der Waals surface area contributed by atoms with Gasteiger partial charge in [-0.25, -0.2) is 4.98 Å². The van der Waals surface area contributed by atoms with Crippen molar-refractivity contribution >= 4 is 23.3 Å². The molecule has 2 amide bonds. The zero-order valence-electron chi connectivity index (χ0n) is 19.1. The van der Waals surface area contributed by atoms with Crippen molar-refractivity contribution in [3.63, 3.8) is 0 Å². The second kappa shape index (κ2) is 10.7. The van der Waals surface area contributed by atoms with E-state index in [1.807, 2.05) is 13.8 Å². The Morgan fingerprint density at radius 3 is 2.45 bits per heavy atom. The second-order valence-electron chi connectivity index (χ2n) is 7.96. The number of aryl methyl sites for hydroxylation is 1. The van der Waals surface area contributed by atoms with Gasteiger partial charge in [0, 0.05) is 24.8 Å². The van der Waals surface area contributed by atoms with Crippen molar-refractivity contribution < 1.29 is 28.0 Å². The molecule has 0 bridgehead atoms. The highest BCUT2D eigenvalue weighted by molar-refractivity contribution is 6.36. The standard InChI is InChI=1S/C24H27N3O6/c1-14(2)11-20(28)22(29)25-12-19-15(3)32-24(27-19)16-5-7-17(8-6-16)26-23(30)21-10-9-18(33-21)13-31-4/h5-10,14H,11-13H2,1-4H3,(H,25,29)(H,26,30). The molecule has 3 aromatic rings. The first-order chi connectivity index (χ1) is 15.8. The zero-order valence-corrected chi connectivity index (χ0v) is 19.1. The topological polar surface area (TPSA) is 124 Å². The molecule has 0 atom stereocenters. The lowest BCUT2D eigenvalue weighted by Crippen LogP contribution is -2.31. The van der Waals surface area contributed by atoms with Gasteiger partial charge in [0.25, 0.3) is 11.8 Å². The van der Waals surface area contributed by atoms with Gasteiger partial charge in [0.15, 0.2) is 5.76 Å². The van der Waals surface area contributed by atoms with Crippen LogP contribution in [0.15, 0.2) is 45.2 Å². The lowest BCUT2D eigenvalue weighted by atomic mass is 10.1. The van der Waals surface area contributed by atoms with Crippen LogP contribution >= 0.6 is 0 Å². The fourth-order valence-corrected chi connectivity index (χ4v) is 3.05. The monoisotopic (exact) mass is 453 g/mol. The third-order valence-electron chi connectivity index (χ3n) is 4.72. The first-order valence-electron chi connectivity index (χ1n) is 10.5. The van der Waals surface area contributed by atoms with Crippen LogP contribution in [0, 0.1) is 12.8 Å². The number of rotatable bonds is 10. The number of carbonyl (C=O) groups excluding carboxylic acids is 3. The predicted octanol–water partition coefficient (Wildman–Crippen LogP) is 3.87. The Balaban J connectivity index is 1.61. The average Bonchev–Trinajstić information content (AvgIpc) is 3.39. The summed E-state index contributed by atoms with van der Waals surface area (Å²) in [7, 11) is 1.55. The second-order valence-corrected chi connectivity index (χ2v) is 7.96. The van der Waals surface area contributed by atoms with Crippen molar-refractivity contribution in [1.29, 1.82) is 0 Å². The van der Waals surface area contributed by atoms with Crippen LogP contribution in [0.4, 0.5) is 5.69 Å². The number of ketones is 1. The first kappa shape index (κ1) is 23.9. The largest absolute Gasteiger partial charge is 0.453 e. The minimum absolute atomic E-state index is 0.0976. The minimum atomic E-state index is -0.626. The van der Waals surface area contributed by atoms with E-state index in [9.17, 15) is 14.4 Å². The summed E-state index contributed by atoms with van der Waals surface area (Å²) in [5.41, 5.74) is 1.82. The molecule has 9 nitrogen and oxygen atoms in total. The smallest absolute Gasteiger partial charge is 0.291 e. The highest BCUT2D eigenvalue weighted by Crippen LogP contribution is 2.24. The molecule has 0 radical (unpaired) electrons. The van der Waals surface area contributed by atoms with Crippen molar-refractivity contribution in [1.82, 2.24) is 10.3 Å². The number of ether oxygens (including phenoxy) is 1. The van der Waals surface area contributed by atoms with Crippen LogP contribution in [-0.2, 0) is 27.5 Å². The van der Waals surface area contributed by atoms with E-state index in [0.29, 0.717) is 34.4 Å². The normalized spacial score (nSPS) is 10.9. The molecule has 0 saturated heterocycles. The van der Waals surface area contributed by atoms with Gasteiger partial charge >= 0.3 is 0 Å². The summed E-state index contributed by atoms with van der Waals surface area (Å²) in [4.78, 5) is 40.5. The fourth-order valence-electron chi connectivity index (χ4n) is 3.05. The van der Waals surface area contributed by atoms with E-state index in [0.717, 1.165) is 0 Å². The van der Waals surface area contributed by atoms with Crippen LogP contribution in [0.25, 0.3) is 11.5 Å². The molecule has 9 heteroatoms. The van der Waals surface area contributed by atoms with E-state index in [1.54, 1.807) is 50.4 Å². The van der Waals surface area contributed by atoms with Crippen molar-refractivity contribution in [3.8, 4) is 11.5 Å². The molecule has 0 aliphatic rings. The number of Topliss-reactive ketones (excluding diaryl/α,β-unsaturated/α-hetero) is 1. The number of methoxy groups -OCH3 is 1. The number of amides is 2. The van der Waals surface area contributed by atoms with E-state index in [-0.39, 0.29) is 37.2 Å². The third-order valence-corrected chi connectivity index (χ3v) is 4.72. The summed E-state index contributed by atoms with van der Waals surface area (Å²) in [5, 5.41) is 5.35. The van der Waals surface area contributed by atoms with Crippen LogP contribution in [0.5, 0.6) is 0 Å². The number of nitrogens with one attached hydrogen (secondary N) is 2. The molecular formula is C24H27N3O6. The van der Waals surface area contributed by atoms with Gasteiger partial charge in [-0.2, -0.15) is 0 Å². The molecule has 0 aliphatic carbocycles. The highest BCUT2D eigenvalue weighted by atomic mass is 16.5. The van der Waals surface area contributed by atoms with Gasteiger partial charge in [0.05, 0.1) is 6.54 Å². The molecule has 2 N–H and O–H groups in total. The summed E-state index contributed by atoms with van der Waals surface area (Å²) in [6.07, 6.45) is 0.200. The summed E-state index contributed by atoms with van der Waals surface area (Å²) >= 11 is 0. The summed E-state index contributed by atoms with van der Waals surface area (Å²) in [5.74, 6) is 0.335. The van der Waals surface area contributed by atoms with Gasteiger partial charge in [0.2, 0.25) is 11.7 Å². The molecule has 2 aromatic heterocycles. The number of carbonyl (C=O) groups is 3. The van der Waals surface area contributed by atoms with E-state index in [2.05, 4.69) is 15.6 Å². The van der Waals surface area contributed by atoms with Crippen molar-refractivity contribution in [2.75, 3.05) is 12.4 Å².